The van der Waals surface area contributed by atoms with Crippen molar-refractivity contribution in [1.82, 2.24) is 0 Å². The van der Waals surface area contributed by atoms with Crippen LogP contribution in [0.15, 0.2) is 60.7 Å². The summed E-state index contributed by atoms with van der Waals surface area (Å²) in [4.78, 5) is 12.2. The van der Waals surface area contributed by atoms with Crippen LogP contribution < -0.4 is 0 Å². The average Bonchev–Trinajstić information content (AvgIpc) is 2.85. The monoisotopic (exact) mass is 274 g/mol. The topological polar surface area (TPSA) is 26.3 Å². The summed E-state index contributed by atoms with van der Waals surface area (Å²) >= 11 is 0. The molecule has 3 aromatic carbocycles. The Balaban J connectivity index is 1.99. The second kappa shape index (κ2) is 4.45. The summed E-state index contributed by atoms with van der Waals surface area (Å²) < 4.78 is 5.64. The van der Waals surface area contributed by atoms with Crippen LogP contribution in [0.1, 0.15) is 33.2 Å². The number of ether oxygens (including phenoxy) is 1. The lowest BCUT2D eigenvalue weighted by atomic mass is 9.93. The van der Waals surface area contributed by atoms with E-state index in [1.54, 1.807) is 0 Å². The highest BCUT2D eigenvalue weighted by molar-refractivity contribution is 6.02. The number of rotatable bonds is 1. The Hall–Kier alpha value is -2.61. The van der Waals surface area contributed by atoms with Gasteiger partial charge in [0.25, 0.3) is 0 Å². The molecule has 102 valence electrons. The van der Waals surface area contributed by atoms with Gasteiger partial charge in [-0.25, -0.2) is 4.79 Å². The molecule has 1 atom stereocenters. The van der Waals surface area contributed by atoms with E-state index in [2.05, 4.69) is 18.2 Å². The summed E-state index contributed by atoms with van der Waals surface area (Å²) in [6, 6.07) is 20.1. The van der Waals surface area contributed by atoms with Crippen molar-refractivity contribution in [2.45, 2.75) is 13.0 Å². The molecule has 1 aliphatic rings. The summed E-state index contributed by atoms with van der Waals surface area (Å²) in [6.07, 6.45) is -0.307. The maximum atomic E-state index is 12.2. The van der Waals surface area contributed by atoms with E-state index in [-0.39, 0.29) is 12.1 Å². The van der Waals surface area contributed by atoms with E-state index in [0.717, 1.165) is 27.5 Å². The number of aryl methyl sites for hydroxylation is 1. The number of carbonyl (C=O) groups is 1. The van der Waals surface area contributed by atoms with E-state index < -0.39 is 0 Å². The van der Waals surface area contributed by atoms with Crippen molar-refractivity contribution >= 4 is 16.7 Å². The van der Waals surface area contributed by atoms with Gasteiger partial charge in [-0.3, -0.25) is 0 Å². The molecular formula is C19H14O2. The molecule has 21 heavy (non-hydrogen) atoms. The van der Waals surface area contributed by atoms with Crippen LogP contribution in [0.2, 0.25) is 0 Å². The third-order valence-corrected chi connectivity index (χ3v) is 4.02. The predicted molar refractivity (Wildman–Crippen MR) is 82.4 cm³/mol. The zero-order chi connectivity index (χ0) is 14.4. The van der Waals surface area contributed by atoms with Gasteiger partial charge in [0.15, 0.2) is 6.10 Å². The Morgan fingerprint density at radius 3 is 2.67 bits per heavy atom. The molecule has 1 aliphatic heterocycles. The minimum Gasteiger partial charge on any atom is -0.449 e. The van der Waals surface area contributed by atoms with Crippen LogP contribution in [0.3, 0.4) is 0 Å². The van der Waals surface area contributed by atoms with E-state index in [1.165, 1.54) is 0 Å². The molecule has 2 heteroatoms. The van der Waals surface area contributed by atoms with Crippen molar-refractivity contribution in [2.24, 2.45) is 0 Å². The second-order valence-corrected chi connectivity index (χ2v) is 5.45. The molecule has 2 nitrogen and oxygen atoms in total. The van der Waals surface area contributed by atoms with Crippen molar-refractivity contribution in [3.05, 3.63) is 82.9 Å². The molecule has 3 aromatic rings. The Morgan fingerprint density at radius 2 is 1.81 bits per heavy atom. The molecule has 4 rings (SSSR count). The fourth-order valence-electron chi connectivity index (χ4n) is 3.05. The zero-order valence-corrected chi connectivity index (χ0v) is 11.7. The Morgan fingerprint density at radius 1 is 0.952 bits per heavy atom. The molecule has 0 aliphatic carbocycles. The highest BCUT2D eigenvalue weighted by atomic mass is 16.5. The van der Waals surface area contributed by atoms with Gasteiger partial charge >= 0.3 is 5.97 Å². The van der Waals surface area contributed by atoms with E-state index in [9.17, 15) is 4.79 Å². The van der Waals surface area contributed by atoms with Crippen LogP contribution in [0.4, 0.5) is 0 Å². The average molecular weight is 274 g/mol. The summed E-state index contributed by atoms with van der Waals surface area (Å²) in [5.41, 5.74) is 3.86. The number of carbonyl (C=O) groups excluding carboxylic acids is 1. The van der Waals surface area contributed by atoms with Crippen LogP contribution in [0.25, 0.3) is 10.8 Å². The van der Waals surface area contributed by atoms with Gasteiger partial charge in [-0.05, 0) is 29.3 Å². The normalized spacial score (nSPS) is 16.8. The van der Waals surface area contributed by atoms with Gasteiger partial charge in [0, 0.05) is 5.56 Å². The first kappa shape index (κ1) is 12.2. The predicted octanol–water partition coefficient (Wildman–Crippen LogP) is 4.41. The lowest BCUT2D eigenvalue weighted by Gasteiger charge is -2.13. The minimum atomic E-state index is -0.307. The maximum absolute atomic E-state index is 12.2. The van der Waals surface area contributed by atoms with Crippen molar-refractivity contribution in [2.75, 3.05) is 0 Å². The van der Waals surface area contributed by atoms with Crippen LogP contribution >= 0.6 is 0 Å². The van der Waals surface area contributed by atoms with Gasteiger partial charge in [-0.2, -0.15) is 0 Å². The van der Waals surface area contributed by atoms with E-state index in [4.69, 9.17) is 4.74 Å². The number of esters is 1. The zero-order valence-electron chi connectivity index (χ0n) is 11.7. The number of fused-ring (bicyclic) bond motifs is 3. The quantitative estimate of drug-likeness (QED) is 0.614. The van der Waals surface area contributed by atoms with E-state index in [0.29, 0.717) is 5.56 Å². The molecule has 0 amide bonds. The fourth-order valence-corrected chi connectivity index (χ4v) is 3.05. The number of benzene rings is 3. The molecule has 0 aromatic heterocycles. The van der Waals surface area contributed by atoms with E-state index >= 15 is 0 Å². The summed E-state index contributed by atoms with van der Waals surface area (Å²) in [5, 5.41) is 2.22. The molecule has 0 bridgehead atoms. The van der Waals surface area contributed by atoms with Gasteiger partial charge in [0.05, 0.1) is 5.56 Å². The number of hydrogen-bond donors (Lipinski definition) is 0. The minimum absolute atomic E-state index is 0.234. The molecule has 1 unspecified atom stereocenters. The van der Waals surface area contributed by atoms with Crippen molar-refractivity contribution in [3.8, 4) is 0 Å². The first-order valence-corrected chi connectivity index (χ1v) is 7.03. The van der Waals surface area contributed by atoms with Crippen LogP contribution in [-0.2, 0) is 4.74 Å². The standard InChI is InChI=1S/C19H14O2/c1-12-5-4-7-14(11-12)18-17-15-8-3-2-6-13(15)9-10-16(17)19(20)21-18/h2-11,18H,1H3. The fraction of sp³-hybridized carbons (Fsp3) is 0.105. The Labute approximate surface area is 123 Å². The van der Waals surface area contributed by atoms with Crippen LogP contribution in [-0.4, -0.2) is 5.97 Å². The molecule has 0 fully saturated rings. The molecule has 1 heterocycles. The largest absolute Gasteiger partial charge is 0.449 e. The highest BCUT2D eigenvalue weighted by Crippen LogP contribution is 2.40. The second-order valence-electron chi connectivity index (χ2n) is 5.45. The summed E-state index contributed by atoms with van der Waals surface area (Å²) in [7, 11) is 0. The summed E-state index contributed by atoms with van der Waals surface area (Å²) in [6.45, 7) is 2.05. The molecule has 0 N–H and O–H groups in total. The first-order valence-electron chi connectivity index (χ1n) is 7.03. The first-order chi connectivity index (χ1) is 10.2. The van der Waals surface area contributed by atoms with Crippen LogP contribution in [0.5, 0.6) is 0 Å². The number of cyclic esters (lactones) is 1. The Bertz CT molecular complexity index is 864. The highest BCUT2D eigenvalue weighted by Gasteiger charge is 2.33. The van der Waals surface area contributed by atoms with Gasteiger partial charge < -0.3 is 4.74 Å². The molecular weight excluding hydrogens is 260 g/mol. The Kier molecular flexibility index (Phi) is 2.58. The van der Waals surface area contributed by atoms with Gasteiger partial charge in [0.2, 0.25) is 0 Å². The third kappa shape index (κ3) is 1.83. The lowest BCUT2D eigenvalue weighted by molar-refractivity contribution is 0.0457. The van der Waals surface area contributed by atoms with Crippen molar-refractivity contribution in [3.63, 3.8) is 0 Å². The smallest absolute Gasteiger partial charge is 0.339 e. The SMILES string of the molecule is Cc1cccc(C2OC(=O)c3ccc4ccccc4c32)c1. The van der Waals surface area contributed by atoms with Crippen molar-refractivity contribution in [1.29, 1.82) is 0 Å². The summed E-state index contributed by atoms with van der Waals surface area (Å²) in [5.74, 6) is -0.234. The molecule has 0 radical (unpaired) electrons. The van der Waals surface area contributed by atoms with Gasteiger partial charge in [0.1, 0.15) is 0 Å². The number of hydrogen-bond acceptors (Lipinski definition) is 2. The van der Waals surface area contributed by atoms with E-state index in [1.807, 2.05) is 49.4 Å². The van der Waals surface area contributed by atoms with Gasteiger partial charge in [-0.15, -0.1) is 0 Å². The lowest BCUT2D eigenvalue weighted by Crippen LogP contribution is -2.01. The van der Waals surface area contributed by atoms with Crippen molar-refractivity contribution < 1.29 is 9.53 Å². The van der Waals surface area contributed by atoms with Gasteiger partial charge in [-0.1, -0.05) is 60.2 Å². The maximum Gasteiger partial charge on any atom is 0.339 e. The third-order valence-electron chi connectivity index (χ3n) is 4.02. The molecule has 0 saturated carbocycles. The molecule has 0 spiro atoms. The molecule has 0 saturated heterocycles. The van der Waals surface area contributed by atoms with Crippen LogP contribution in [0, 0.1) is 6.92 Å².